The van der Waals surface area contributed by atoms with Crippen LogP contribution in [0.4, 0.5) is 0 Å². The van der Waals surface area contributed by atoms with E-state index in [-0.39, 0.29) is 5.91 Å². The SMILES string of the molecule is C[C@H](NCC1CCC(=O)N1)C1CCCC1. The summed E-state index contributed by atoms with van der Waals surface area (Å²) in [6.07, 6.45) is 7.28. The number of carbonyl (C=O) groups is 1. The van der Waals surface area contributed by atoms with E-state index in [2.05, 4.69) is 17.6 Å². The number of amides is 1. The van der Waals surface area contributed by atoms with Gasteiger partial charge in [-0.15, -0.1) is 0 Å². The van der Waals surface area contributed by atoms with E-state index in [1.807, 2.05) is 0 Å². The fraction of sp³-hybridized carbons (Fsp3) is 0.917. The first-order valence-electron chi connectivity index (χ1n) is 6.28. The van der Waals surface area contributed by atoms with E-state index < -0.39 is 0 Å². The topological polar surface area (TPSA) is 41.1 Å². The lowest BCUT2D eigenvalue weighted by Crippen LogP contribution is -2.41. The minimum Gasteiger partial charge on any atom is -0.352 e. The first-order valence-corrected chi connectivity index (χ1v) is 6.28. The molecule has 0 aromatic heterocycles. The third-order valence-electron chi connectivity index (χ3n) is 3.88. The van der Waals surface area contributed by atoms with Crippen molar-refractivity contribution in [3.63, 3.8) is 0 Å². The third kappa shape index (κ3) is 2.94. The molecule has 2 aliphatic rings. The lowest BCUT2D eigenvalue weighted by molar-refractivity contribution is -0.119. The molecule has 0 bridgehead atoms. The Morgan fingerprint density at radius 2 is 2.13 bits per heavy atom. The van der Waals surface area contributed by atoms with Crippen LogP contribution >= 0.6 is 0 Å². The number of hydrogen-bond acceptors (Lipinski definition) is 2. The predicted octanol–water partition coefficient (Wildman–Crippen LogP) is 1.43. The zero-order valence-electron chi connectivity index (χ0n) is 9.59. The summed E-state index contributed by atoms with van der Waals surface area (Å²) in [5, 5.41) is 6.57. The molecule has 2 rings (SSSR count). The van der Waals surface area contributed by atoms with Crippen LogP contribution in [0.15, 0.2) is 0 Å². The fourth-order valence-electron chi connectivity index (χ4n) is 2.78. The smallest absolute Gasteiger partial charge is 0.220 e. The van der Waals surface area contributed by atoms with Crippen LogP contribution in [0, 0.1) is 5.92 Å². The maximum Gasteiger partial charge on any atom is 0.220 e. The summed E-state index contributed by atoms with van der Waals surface area (Å²) in [6.45, 7) is 3.23. The van der Waals surface area contributed by atoms with Crippen LogP contribution in [0.25, 0.3) is 0 Å². The van der Waals surface area contributed by atoms with Crippen molar-refractivity contribution in [2.75, 3.05) is 6.54 Å². The molecule has 1 saturated carbocycles. The van der Waals surface area contributed by atoms with E-state index in [1.165, 1.54) is 25.7 Å². The van der Waals surface area contributed by atoms with E-state index in [1.54, 1.807) is 0 Å². The molecule has 0 aromatic rings. The summed E-state index contributed by atoms with van der Waals surface area (Å²) in [4.78, 5) is 11.0. The normalized spacial score (nSPS) is 29.4. The van der Waals surface area contributed by atoms with Crippen LogP contribution in [-0.2, 0) is 4.79 Å². The second kappa shape index (κ2) is 4.97. The van der Waals surface area contributed by atoms with E-state index in [0.717, 1.165) is 18.9 Å². The van der Waals surface area contributed by atoms with Gasteiger partial charge in [0.1, 0.15) is 0 Å². The molecule has 2 fully saturated rings. The van der Waals surface area contributed by atoms with Crippen LogP contribution in [0.1, 0.15) is 45.4 Å². The van der Waals surface area contributed by atoms with Gasteiger partial charge in [-0.3, -0.25) is 4.79 Å². The van der Waals surface area contributed by atoms with E-state index in [9.17, 15) is 4.79 Å². The third-order valence-corrected chi connectivity index (χ3v) is 3.88. The summed E-state index contributed by atoms with van der Waals surface area (Å²) in [5.41, 5.74) is 0. The Kier molecular flexibility index (Phi) is 3.62. The maximum atomic E-state index is 11.0. The van der Waals surface area contributed by atoms with Gasteiger partial charge in [0.05, 0.1) is 0 Å². The Hall–Kier alpha value is -0.570. The number of hydrogen-bond donors (Lipinski definition) is 2. The van der Waals surface area contributed by atoms with Gasteiger partial charge in [-0.25, -0.2) is 0 Å². The summed E-state index contributed by atoms with van der Waals surface area (Å²) in [5.74, 6) is 1.08. The summed E-state index contributed by atoms with van der Waals surface area (Å²) in [6, 6.07) is 0.992. The van der Waals surface area contributed by atoms with E-state index in [0.29, 0.717) is 18.5 Å². The molecule has 0 radical (unpaired) electrons. The highest BCUT2D eigenvalue weighted by Gasteiger charge is 2.24. The lowest BCUT2D eigenvalue weighted by atomic mass is 9.99. The lowest BCUT2D eigenvalue weighted by Gasteiger charge is -2.22. The Bertz CT molecular complexity index is 224. The number of carbonyl (C=O) groups excluding carboxylic acids is 1. The van der Waals surface area contributed by atoms with Crippen molar-refractivity contribution < 1.29 is 4.79 Å². The minimum atomic E-state index is 0.218. The van der Waals surface area contributed by atoms with Gasteiger partial charge in [0.2, 0.25) is 5.91 Å². The maximum absolute atomic E-state index is 11.0. The second-order valence-electron chi connectivity index (χ2n) is 5.04. The van der Waals surface area contributed by atoms with Crippen molar-refractivity contribution in [2.24, 2.45) is 5.92 Å². The Balaban J connectivity index is 1.66. The van der Waals surface area contributed by atoms with Crippen molar-refractivity contribution in [1.29, 1.82) is 0 Å². The molecule has 15 heavy (non-hydrogen) atoms. The minimum absolute atomic E-state index is 0.218. The van der Waals surface area contributed by atoms with Crippen molar-refractivity contribution in [1.82, 2.24) is 10.6 Å². The van der Waals surface area contributed by atoms with Crippen LogP contribution in [0.3, 0.4) is 0 Å². The molecule has 0 aromatic carbocycles. The van der Waals surface area contributed by atoms with Crippen molar-refractivity contribution >= 4 is 5.91 Å². The highest BCUT2D eigenvalue weighted by Crippen LogP contribution is 2.27. The highest BCUT2D eigenvalue weighted by molar-refractivity contribution is 5.78. The Morgan fingerprint density at radius 1 is 1.40 bits per heavy atom. The van der Waals surface area contributed by atoms with Gasteiger partial charge in [0.15, 0.2) is 0 Å². The zero-order valence-corrected chi connectivity index (χ0v) is 9.59. The molecule has 1 saturated heterocycles. The van der Waals surface area contributed by atoms with Crippen molar-refractivity contribution in [3.05, 3.63) is 0 Å². The molecule has 2 N–H and O–H groups in total. The van der Waals surface area contributed by atoms with Gasteiger partial charge in [-0.2, -0.15) is 0 Å². The first-order chi connectivity index (χ1) is 7.25. The molecular formula is C12H22N2O. The molecule has 1 unspecified atom stereocenters. The molecule has 3 nitrogen and oxygen atoms in total. The van der Waals surface area contributed by atoms with Crippen molar-refractivity contribution in [2.45, 2.75) is 57.5 Å². The summed E-state index contributed by atoms with van der Waals surface area (Å²) in [7, 11) is 0. The van der Waals surface area contributed by atoms with Crippen LogP contribution in [-0.4, -0.2) is 24.5 Å². The van der Waals surface area contributed by atoms with Crippen LogP contribution in [0.2, 0.25) is 0 Å². The number of rotatable bonds is 4. The van der Waals surface area contributed by atoms with Gasteiger partial charge in [0.25, 0.3) is 0 Å². The molecule has 86 valence electrons. The summed E-state index contributed by atoms with van der Waals surface area (Å²) >= 11 is 0. The average Bonchev–Trinajstić information content (AvgIpc) is 2.84. The molecule has 1 amide bonds. The largest absolute Gasteiger partial charge is 0.352 e. The second-order valence-corrected chi connectivity index (χ2v) is 5.04. The number of nitrogens with one attached hydrogen (secondary N) is 2. The average molecular weight is 210 g/mol. The Morgan fingerprint density at radius 3 is 2.73 bits per heavy atom. The van der Waals surface area contributed by atoms with Crippen LogP contribution < -0.4 is 10.6 Å². The van der Waals surface area contributed by atoms with Crippen molar-refractivity contribution in [3.8, 4) is 0 Å². The first kappa shape index (κ1) is 10.9. The standard InChI is InChI=1S/C12H22N2O/c1-9(10-4-2-3-5-10)13-8-11-6-7-12(15)14-11/h9-11,13H,2-8H2,1H3,(H,14,15)/t9-,11?/m0/s1. The van der Waals surface area contributed by atoms with Gasteiger partial charge < -0.3 is 10.6 Å². The summed E-state index contributed by atoms with van der Waals surface area (Å²) < 4.78 is 0. The molecular weight excluding hydrogens is 188 g/mol. The fourth-order valence-corrected chi connectivity index (χ4v) is 2.78. The van der Waals surface area contributed by atoms with E-state index >= 15 is 0 Å². The van der Waals surface area contributed by atoms with Gasteiger partial charge >= 0.3 is 0 Å². The van der Waals surface area contributed by atoms with E-state index in [4.69, 9.17) is 0 Å². The highest BCUT2D eigenvalue weighted by atomic mass is 16.1. The van der Waals surface area contributed by atoms with Gasteiger partial charge in [-0.1, -0.05) is 12.8 Å². The molecule has 2 atom stereocenters. The molecule has 1 aliphatic carbocycles. The van der Waals surface area contributed by atoms with Gasteiger partial charge in [0, 0.05) is 25.0 Å². The van der Waals surface area contributed by atoms with Gasteiger partial charge in [-0.05, 0) is 32.1 Å². The molecule has 0 spiro atoms. The zero-order chi connectivity index (χ0) is 10.7. The predicted molar refractivity (Wildman–Crippen MR) is 60.6 cm³/mol. The molecule has 1 aliphatic heterocycles. The quantitative estimate of drug-likeness (QED) is 0.737. The molecule has 1 heterocycles. The Labute approximate surface area is 92.0 Å². The molecule has 3 heteroatoms. The van der Waals surface area contributed by atoms with Crippen LogP contribution in [0.5, 0.6) is 0 Å². The monoisotopic (exact) mass is 210 g/mol.